The molecule has 1 aromatic carbocycles. The zero-order valence-corrected chi connectivity index (χ0v) is 9.92. The molecule has 80 valence electrons. The summed E-state index contributed by atoms with van der Waals surface area (Å²) in [6, 6.07) is 8.60. The molecule has 0 radical (unpaired) electrons. The summed E-state index contributed by atoms with van der Waals surface area (Å²) in [5, 5.41) is 3.42. The van der Waals surface area contributed by atoms with Crippen molar-refractivity contribution < 1.29 is 0 Å². The van der Waals surface area contributed by atoms with E-state index in [9.17, 15) is 0 Å². The molecule has 2 rings (SSSR count). The molecule has 0 aliphatic heterocycles. The van der Waals surface area contributed by atoms with Crippen molar-refractivity contribution in [1.82, 2.24) is 4.90 Å². The molecule has 0 amide bonds. The number of nitrogens with two attached hydrogens (primary N) is 1. The summed E-state index contributed by atoms with van der Waals surface area (Å²) < 4.78 is 1.33. The molecule has 0 aliphatic carbocycles. The highest BCUT2D eigenvalue weighted by Crippen LogP contribution is 2.28. The first-order valence-corrected chi connectivity index (χ1v) is 5.93. The molecule has 1 unspecified atom stereocenters. The van der Waals surface area contributed by atoms with E-state index in [0.717, 1.165) is 6.54 Å². The first kappa shape index (κ1) is 10.6. The van der Waals surface area contributed by atoms with Gasteiger partial charge in [-0.1, -0.05) is 18.2 Å². The van der Waals surface area contributed by atoms with Gasteiger partial charge in [0.15, 0.2) is 0 Å². The molecule has 0 saturated heterocycles. The second kappa shape index (κ2) is 4.31. The first-order valence-electron chi connectivity index (χ1n) is 5.05. The van der Waals surface area contributed by atoms with Gasteiger partial charge >= 0.3 is 0 Å². The fourth-order valence-electron chi connectivity index (χ4n) is 1.80. The highest BCUT2D eigenvalue weighted by atomic mass is 32.1. The Hall–Kier alpha value is -0.900. The maximum atomic E-state index is 6.19. The Balaban J connectivity index is 2.38. The van der Waals surface area contributed by atoms with Crippen LogP contribution in [0.1, 0.15) is 11.6 Å². The molecule has 1 aromatic heterocycles. The lowest BCUT2D eigenvalue weighted by Crippen LogP contribution is -2.25. The summed E-state index contributed by atoms with van der Waals surface area (Å²) in [7, 11) is 4.10. The van der Waals surface area contributed by atoms with Gasteiger partial charge < -0.3 is 10.6 Å². The van der Waals surface area contributed by atoms with Crippen molar-refractivity contribution in [1.29, 1.82) is 0 Å². The van der Waals surface area contributed by atoms with Crippen LogP contribution in [-0.2, 0) is 0 Å². The molecule has 0 aliphatic rings. The largest absolute Gasteiger partial charge is 0.323 e. The third-order valence-electron chi connectivity index (χ3n) is 2.47. The molecule has 0 bridgehead atoms. The lowest BCUT2D eigenvalue weighted by Gasteiger charge is -2.17. The van der Waals surface area contributed by atoms with Crippen molar-refractivity contribution >= 4 is 21.4 Å². The molecule has 3 heteroatoms. The van der Waals surface area contributed by atoms with Gasteiger partial charge in [-0.05, 0) is 36.5 Å². The number of hydrogen-bond donors (Lipinski definition) is 1. The van der Waals surface area contributed by atoms with Crippen LogP contribution in [0.3, 0.4) is 0 Å². The van der Waals surface area contributed by atoms with Gasteiger partial charge in [-0.2, -0.15) is 0 Å². The third-order valence-corrected chi connectivity index (χ3v) is 3.45. The molecular formula is C12H16N2S. The summed E-state index contributed by atoms with van der Waals surface area (Å²) in [4.78, 5) is 2.12. The topological polar surface area (TPSA) is 29.3 Å². The second-order valence-electron chi connectivity index (χ2n) is 4.05. The highest BCUT2D eigenvalue weighted by Gasteiger charge is 2.11. The van der Waals surface area contributed by atoms with Gasteiger partial charge in [-0.25, -0.2) is 0 Å². The van der Waals surface area contributed by atoms with Crippen molar-refractivity contribution in [3.8, 4) is 0 Å². The van der Waals surface area contributed by atoms with E-state index in [4.69, 9.17) is 5.73 Å². The average Bonchev–Trinajstić information content (AvgIpc) is 2.63. The van der Waals surface area contributed by atoms with Gasteiger partial charge in [-0.3, -0.25) is 0 Å². The van der Waals surface area contributed by atoms with Gasteiger partial charge in [0.05, 0.1) is 0 Å². The van der Waals surface area contributed by atoms with Gasteiger partial charge in [-0.15, -0.1) is 11.3 Å². The number of hydrogen-bond acceptors (Lipinski definition) is 3. The highest BCUT2D eigenvalue weighted by molar-refractivity contribution is 7.17. The van der Waals surface area contributed by atoms with E-state index in [2.05, 4.69) is 48.6 Å². The smallest absolute Gasteiger partial charge is 0.0438 e. The van der Waals surface area contributed by atoms with Crippen molar-refractivity contribution in [2.75, 3.05) is 20.6 Å². The minimum atomic E-state index is 0.0994. The maximum absolute atomic E-state index is 6.19. The minimum absolute atomic E-state index is 0.0994. The first-order chi connectivity index (χ1) is 7.18. The van der Waals surface area contributed by atoms with E-state index in [1.165, 1.54) is 15.6 Å². The van der Waals surface area contributed by atoms with Crippen LogP contribution in [0.25, 0.3) is 10.1 Å². The molecule has 2 N–H and O–H groups in total. The molecule has 15 heavy (non-hydrogen) atoms. The lowest BCUT2D eigenvalue weighted by molar-refractivity contribution is 0.377. The molecule has 0 fully saturated rings. The van der Waals surface area contributed by atoms with E-state index >= 15 is 0 Å². The lowest BCUT2D eigenvalue weighted by atomic mass is 10.1. The van der Waals surface area contributed by atoms with Gasteiger partial charge in [0.1, 0.15) is 0 Å². The molecule has 2 nitrogen and oxygen atoms in total. The van der Waals surface area contributed by atoms with Crippen LogP contribution < -0.4 is 5.73 Å². The fraction of sp³-hybridized carbons (Fsp3) is 0.333. The molecule has 0 spiro atoms. The Labute approximate surface area is 94.3 Å². The summed E-state index contributed by atoms with van der Waals surface area (Å²) >= 11 is 1.77. The Morgan fingerprint density at radius 3 is 2.87 bits per heavy atom. The number of rotatable bonds is 3. The van der Waals surface area contributed by atoms with Crippen molar-refractivity contribution in [2.24, 2.45) is 5.73 Å². The van der Waals surface area contributed by atoms with Crippen LogP contribution in [0.15, 0.2) is 29.6 Å². The summed E-state index contributed by atoms with van der Waals surface area (Å²) in [5.74, 6) is 0. The van der Waals surface area contributed by atoms with E-state index in [0.29, 0.717) is 0 Å². The quantitative estimate of drug-likeness (QED) is 0.861. The van der Waals surface area contributed by atoms with Crippen molar-refractivity contribution in [2.45, 2.75) is 6.04 Å². The molecule has 2 aromatic rings. The van der Waals surface area contributed by atoms with Crippen LogP contribution in [0.5, 0.6) is 0 Å². The number of nitrogens with zero attached hydrogens (tertiary/aromatic N) is 1. The van der Waals surface area contributed by atoms with Crippen molar-refractivity contribution in [3.05, 3.63) is 35.2 Å². The zero-order valence-electron chi connectivity index (χ0n) is 9.10. The van der Waals surface area contributed by atoms with Crippen LogP contribution >= 0.6 is 11.3 Å². The predicted octanol–water partition coefficient (Wildman–Crippen LogP) is 2.46. The van der Waals surface area contributed by atoms with E-state index in [-0.39, 0.29) is 6.04 Å². The van der Waals surface area contributed by atoms with Gasteiger partial charge in [0, 0.05) is 17.3 Å². The number of fused-ring (bicyclic) bond motifs is 1. The summed E-state index contributed by atoms with van der Waals surface area (Å²) in [5.41, 5.74) is 7.45. The van der Waals surface area contributed by atoms with E-state index < -0.39 is 0 Å². The van der Waals surface area contributed by atoms with Crippen LogP contribution in [0.4, 0.5) is 0 Å². The minimum Gasteiger partial charge on any atom is -0.323 e. The Bertz CT molecular complexity index is 448. The average molecular weight is 220 g/mol. The molecule has 0 saturated carbocycles. The number of thiophene rings is 1. The molecule has 1 atom stereocenters. The fourth-order valence-corrected chi connectivity index (χ4v) is 2.78. The third kappa shape index (κ3) is 2.20. The standard InChI is InChI=1S/C12H16N2S/c1-14(2)8-11(13)10-5-3-4-9-6-7-15-12(9)10/h3-7,11H,8,13H2,1-2H3. The van der Waals surface area contributed by atoms with Gasteiger partial charge in [0.25, 0.3) is 0 Å². The number of likely N-dealkylation sites (N-methyl/N-ethyl adjacent to an activating group) is 1. The van der Waals surface area contributed by atoms with Crippen LogP contribution in [-0.4, -0.2) is 25.5 Å². The predicted molar refractivity (Wildman–Crippen MR) is 67.3 cm³/mol. The maximum Gasteiger partial charge on any atom is 0.0438 e. The van der Waals surface area contributed by atoms with Crippen molar-refractivity contribution in [3.63, 3.8) is 0 Å². The molecular weight excluding hydrogens is 204 g/mol. The Morgan fingerprint density at radius 1 is 1.33 bits per heavy atom. The second-order valence-corrected chi connectivity index (χ2v) is 4.97. The van der Waals surface area contributed by atoms with Crippen LogP contribution in [0, 0.1) is 0 Å². The zero-order chi connectivity index (χ0) is 10.8. The van der Waals surface area contributed by atoms with E-state index in [1.807, 2.05) is 0 Å². The molecule has 1 heterocycles. The summed E-state index contributed by atoms with van der Waals surface area (Å²) in [6.45, 7) is 0.886. The monoisotopic (exact) mass is 220 g/mol. The summed E-state index contributed by atoms with van der Waals surface area (Å²) in [6.07, 6.45) is 0. The number of benzene rings is 1. The Morgan fingerprint density at radius 2 is 2.13 bits per heavy atom. The SMILES string of the molecule is CN(C)CC(N)c1cccc2ccsc12. The van der Waals surface area contributed by atoms with Crippen LogP contribution in [0.2, 0.25) is 0 Å². The van der Waals surface area contributed by atoms with Gasteiger partial charge in [0.2, 0.25) is 0 Å². The van der Waals surface area contributed by atoms with E-state index in [1.54, 1.807) is 11.3 Å². The normalized spacial score (nSPS) is 13.6. The Kier molecular flexibility index (Phi) is 3.05.